The average Bonchev–Trinajstić information content (AvgIpc) is 2.72. The summed E-state index contributed by atoms with van der Waals surface area (Å²) < 4.78 is 37.0. The average molecular weight is 490 g/mol. The molecule has 3 unspecified atom stereocenters. The second kappa shape index (κ2) is 15.0. The molecule has 0 amide bonds. The van der Waals surface area contributed by atoms with E-state index in [1.807, 2.05) is 0 Å². The topological polar surface area (TPSA) is 170 Å². The molecule has 13 nitrogen and oxygen atoms in total. The molecule has 1 heterocycles. The number of hydrogen-bond acceptors (Lipinski definition) is 12. The van der Waals surface area contributed by atoms with E-state index in [9.17, 15) is 24.0 Å². The number of hydrogen-bond donors (Lipinski definition) is 1. The van der Waals surface area contributed by atoms with Crippen molar-refractivity contribution in [1.82, 2.24) is 0 Å². The van der Waals surface area contributed by atoms with E-state index < -0.39 is 80.4 Å². The van der Waals surface area contributed by atoms with Gasteiger partial charge in [0.1, 0.15) is 25.9 Å². The molecule has 34 heavy (non-hydrogen) atoms. The second-order valence-corrected chi connectivity index (χ2v) is 7.14. The molecular formula is C21H30O13. The zero-order chi connectivity index (χ0) is 25.7. The van der Waals surface area contributed by atoms with E-state index in [0.29, 0.717) is 12.8 Å². The highest BCUT2D eigenvalue weighted by Crippen LogP contribution is 2.30. The Morgan fingerprint density at radius 1 is 0.912 bits per heavy atom. The summed E-state index contributed by atoms with van der Waals surface area (Å²) in [4.78, 5) is 57.6. The largest absolute Gasteiger partial charge is 0.480 e. The minimum Gasteiger partial charge on any atom is -0.480 e. The Morgan fingerprint density at radius 3 is 2.06 bits per heavy atom. The molecule has 0 saturated carbocycles. The van der Waals surface area contributed by atoms with Gasteiger partial charge in [0.25, 0.3) is 0 Å². The van der Waals surface area contributed by atoms with Crippen molar-refractivity contribution in [3.05, 3.63) is 12.7 Å². The van der Waals surface area contributed by atoms with Crippen molar-refractivity contribution in [2.45, 2.75) is 64.3 Å². The maximum Gasteiger partial charge on any atom is 0.332 e. The summed E-state index contributed by atoms with van der Waals surface area (Å²) in [5.74, 6) is -4.44. The fraction of sp³-hybridized carbons (Fsp3) is 0.667. The van der Waals surface area contributed by atoms with Crippen LogP contribution >= 0.6 is 0 Å². The molecule has 1 rings (SSSR count). The summed E-state index contributed by atoms with van der Waals surface area (Å²) in [6.45, 7) is 5.27. The number of carbonyl (C=O) groups excluding carboxylic acids is 4. The lowest BCUT2D eigenvalue weighted by molar-refractivity contribution is -0.308. The third kappa shape index (κ3) is 10.7. The molecule has 0 aromatic heterocycles. The monoisotopic (exact) mass is 490 g/mol. The summed E-state index contributed by atoms with van der Waals surface area (Å²) in [5, 5.41) is 8.56. The molecule has 0 spiro atoms. The molecule has 0 aliphatic carbocycles. The van der Waals surface area contributed by atoms with Crippen molar-refractivity contribution in [3.63, 3.8) is 0 Å². The van der Waals surface area contributed by atoms with Crippen LogP contribution in [0.15, 0.2) is 12.7 Å². The lowest BCUT2D eigenvalue weighted by Crippen LogP contribution is -2.63. The SMILES string of the molecule is C=CCCCO[C@@H]1OC(COC(=O)COCC(=O)O)[C@@H](OC(C)=O)C(OC(C)=O)C1OC(C)=O. The summed E-state index contributed by atoms with van der Waals surface area (Å²) in [6, 6.07) is 0. The number of aliphatic carboxylic acids is 1. The number of carboxylic acid groups (broad SMARTS) is 1. The van der Waals surface area contributed by atoms with Gasteiger partial charge in [-0.05, 0) is 12.8 Å². The lowest BCUT2D eigenvalue weighted by Gasteiger charge is -2.44. The summed E-state index contributed by atoms with van der Waals surface area (Å²) in [7, 11) is 0. The van der Waals surface area contributed by atoms with Gasteiger partial charge in [0.15, 0.2) is 24.6 Å². The van der Waals surface area contributed by atoms with Crippen LogP contribution in [0.2, 0.25) is 0 Å². The molecule has 0 radical (unpaired) electrons. The van der Waals surface area contributed by atoms with E-state index in [0.717, 1.165) is 20.8 Å². The molecule has 192 valence electrons. The first kappa shape index (κ1) is 29.0. The van der Waals surface area contributed by atoms with E-state index in [-0.39, 0.29) is 6.61 Å². The number of unbranched alkanes of at least 4 members (excludes halogenated alkanes) is 1. The molecule has 1 aliphatic heterocycles. The molecule has 13 heteroatoms. The van der Waals surface area contributed by atoms with Crippen LogP contribution in [0.3, 0.4) is 0 Å². The van der Waals surface area contributed by atoms with Crippen LogP contribution in [0.4, 0.5) is 0 Å². The highest BCUT2D eigenvalue weighted by molar-refractivity contribution is 5.72. The number of carbonyl (C=O) groups is 5. The van der Waals surface area contributed by atoms with Crippen LogP contribution in [0, 0.1) is 0 Å². The molecule has 0 bridgehead atoms. The Labute approximate surface area is 196 Å². The normalized spacial score (nSPS) is 23.9. The molecule has 0 aromatic carbocycles. The Bertz CT molecular complexity index is 734. The van der Waals surface area contributed by atoms with Gasteiger partial charge in [0.05, 0.1) is 6.61 Å². The quantitative estimate of drug-likeness (QED) is 0.151. The van der Waals surface area contributed by atoms with Crippen LogP contribution in [-0.2, 0) is 57.1 Å². The number of esters is 4. The maximum atomic E-state index is 11.9. The first-order valence-electron chi connectivity index (χ1n) is 10.4. The van der Waals surface area contributed by atoms with Crippen LogP contribution in [0.1, 0.15) is 33.6 Å². The number of carboxylic acids is 1. The van der Waals surface area contributed by atoms with Crippen molar-refractivity contribution in [2.75, 3.05) is 26.4 Å². The van der Waals surface area contributed by atoms with Gasteiger partial charge in [0, 0.05) is 20.8 Å². The van der Waals surface area contributed by atoms with Gasteiger partial charge in [-0.25, -0.2) is 9.59 Å². The van der Waals surface area contributed by atoms with Gasteiger partial charge >= 0.3 is 29.8 Å². The van der Waals surface area contributed by atoms with Gasteiger partial charge in [-0.3, -0.25) is 14.4 Å². The van der Waals surface area contributed by atoms with Gasteiger partial charge in [0.2, 0.25) is 0 Å². The van der Waals surface area contributed by atoms with Crippen molar-refractivity contribution in [1.29, 1.82) is 0 Å². The van der Waals surface area contributed by atoms with Crippen molar-refractivity contribution in [2.24, 2.45) is 0 Å². The smallest absolute Gasteiger partial charge is 0.332 e. The number of ether oxygens (including phenoxy) is 7. The fourth-order valence-electron chi connectivity index (χ4n) is 2.99. The first-order chi connectivity index (χ1) is 16.0. The molecule has 1 aliphatic rings. The van der Waals surface area contributed by atoms with E-state index in [4.69, 9.17) is 33.5 Å². The molecule has 1 saturated heterocycles. The third-order valence-electron chi connectivity index (χ3n) is 4.19. The van der Waals surface area contributed by atoms with Crippen molar-refractivity contribution < 1.29 is 62.2 Å². The van der Waals surface area contributed by atoms with Crippen molar-refractivity contribution in [3.8, 4) is 0 Å². The zero-order valence-electron chi connectivity index (χ0n) is 19.3. The molecule has 5 atom stereocenters. The minimum atomic E-state index is -1.34. The van der Waals surface area contributed by atoms with Crippen LogP contribution in [0.25, 0.3) is 0 Å². The molecule has 0 aromatic rings. The predicted molar refractivity (Wildman–Crippen MR) is 110 cm³/mol. The Balaban J connectivity index is 3.10. The second-order valence-electron chi connectivity index (χ2n) is 7.14. The molecular weight excluding hydrogens is 460 g/mol. The van der Waals surface area contributed by atoms with Crippen molar-refractivity contribution >= 4 is 29.8 Å². The van der Waals surface area contributed by atoms with Gasteiger partial charge < -0.3 is 38.3 Å². The summed E-state index contributed by atoms with van der Waals surface area (Å²) in [5.41, 5.74) is 0. The Hall–Kier alpha value is -3.03. The molecule has 1 N–H and O–H groups in total. The predicted octanol–water partition coefficient (Wildman–Crippen LogP) is 0.134. The number of allylic oxidation sites excluding steroid dienone is 1. The van der Waals surface area contributed by atoms with E-state index >= 15 is 0 Å². The van der Waals surface area contributed by atoms with Gasteiger partial charge in [-0.1, -0.05) is 6.08 Å². The Morgan fingerprint density at radius 2 is 1.50 bits per heavy atom. The Kier molecular flexibility index (Phi) is 12.8. The van der Waals surface area contributed by atoms with Crippen LogP contribution in [-0.4, -0.2) is 92.1 Å². The summed E-state index contributed by atoms with van der Waals surface area (Å²) >= 11 is 0. The third-order valence-corrected chi connectivity index (χ3v) is 4.19. The van der Waals surface area contributed by atoms with Crippen LogP contribution in [0.5, 0.6) is 0 Å². The van der Waals surface area contributed by atoms with E-state index in [1.54, 1.807) is 6.08 Å². The lowest BCUT2D eigenvalue weighted by atomic mass is 9.98. The fourth-order valence-corrected chi connectivity index (χ4v) is 2.99. The standard InChI is InChI=1S/C21H30O13/c1-5-6-7-8-29-21-20(33-14(4)24)19(32-13(3)23)18(31-12(2)22)15(34-21)9-30-17(27)11-28-10-16(25)26/h5,15,18-21H,1,6-11H2,2-4H3,(H,25,26)/t15?,18-,19?,20?,21-/m1/s1. The van der Waals surface area contributed by atoms with Gasteiger partial charge in [-0.15, -0.1) is 6.58 Å². The first-order valence-corrected chi connectivity index (χ1v) is 10.4. The highest BCUT2D eigenvalue weighted by atomic mass is 16.7. The van der Waals surface area contributed by atoms with E-state index in [1.165, 1.54) is 0 Å². The minimum absolute atomic E-state index is 0.162. The molecule has 1 fully saturated rings. The van der Waals surface area contributed by atoms with Crippen LogP contribution < -0.4 is 0 Å². The van der Waals surface area contributed by atoms with E-state index in [2.05, 4.69) is 11.3 Å². The number of rotatable bonds is 14. The maximum absolute atomic E-state index is 11.9. The highest BCUT2D eigenvalue weighted by Gasteiger charge is 2.52. The van der Waals surface area contributed by atoms with Gasteiger partial charge in [-0.2, -0.15) is 0 Å². The zero-order valence-corrected chi connectivity index (χ0v) is 19.3. The summed E-state index contributed by atoms with van der Waals surface area (Å²) in [6.07, 6.45) is -3.53.